The standard InChI is InChI=1S/C16H16N4O3S/c17-9-14-1-2-16(10-19-14)24(21,22)20-8-5-15(11-20)23-12-13-3-6-18-7-4-13/h1-4,6-7,10,15H,5,8,11-12H2/t15-/m1/s1. The average molecular weight is 344 g/mol. The van der Waals surface area contributed by atoms with E-state index in [1.807, 2.05) is 18.2 Å². The molecule has 0 aliphatic carbocycles. The van der Waals surface area contributed by atoms with Crippen LogP contribution in [0.25, 0.3) is 0 Å². The number of nitrogens with zero attached hydrogens (tertiary/aromatic N) is 4. The van der Waals surface area contributed by atoms with Crippen molar-refractivity contribution in [3.8, 4) is 6.07 Å². The van der Waals surface area contributed by atoms with Crippen LogP contribution < -0.4 is 0 Å². The van der Waals surface area contributed by atoms with Gasteiger partial charge in [-0.3, -0.25) is 4.98 Å². The quantitative estimate of drug-likeness (QED) is 0.812. The maximum atomic E-state index is 12.6. The lowest BCUT2D eigenvalue weighted by atomic mass is 10.3. The fourth-order valence-corrected chi connectivity index (χ4v) is 3.93. The lowest BCUT2D eigenvalue weighted by Crippen LogP contribution is -2.30. The molecule has 0 saturated carbocycles. The Kier molecular flexibility index (Phi) is 4.85. The normalized spacial score (nSPS) is 18.4. The summed E-state index contributed by atoms with van der Waals surface area (Å²) in [5, 5.41) is 8.74. The molecule has 1 saturated heterocycles. The second-order valence-corrected chi connectivity index (χ2v) is 7.37. The summed E-state index contributed by atoms with van der Waals surface area (Å²) in [6, 6.07) is 8.42. The van der Waals surface area contributed by atoms with Crippen LogP contribution in [0.4, 0.5) is 0 Å². The van der Waals surface area contributed by atoms with Gasteiger partial charge in [0, 0.05) is 31.7 Å². The van der Waals surface area contributed by atoms with Gasteiger partial charge in [0.1, 0.15) is 16.7 Å². The van der Waals surface area contributed by atoms with Crippen LogP contribution >= 0.6 is 0 Å². The number of rotatable bonds is 5. The Labute approximate surface area is 140 Å². The fraction of sp³-hybridized carbons (Fsp3) is 0.312. The number of sulfonamides is 1. The van der Waals surface area contributed by atoms with Crippen molar-refractivity contribution in [1.29, 1.82) is 5.26 Å². The van der Waals surface area contributed by atoms with Gasteiger partial charge in [0.05, 0.1) is 12.7 Å². The largest absolute Gasteiger partial charge is 0.372 e. The molecule has 7 nitrogen and oxygen atoms in total. The predicted molar refractivity (Wildman–Crippen MR) is 85.1 cm³/mol. The second-order valence-electron chi connectivity index (χ2n) is 5.43. The first kappa shape index (κ1) is 16.5. The van der Waals surface area contributed by atoms with Gasteiger partial charge in [0.2, 0.25) is 10.0 Å². The van der Waals surface area contributed by atoms with Crippen molar-refractivity contribution >= 4 is 10.0 Å². The molecule has 2 aromatic heterocycles. The first-order valence-corrected chi connectivity index (χ1v) is 8.90. The van der Waals surface area contributed by atoms with Crippen LogP contribution in [0, 0.1) is 11.3 Å². The Balaban J connectivity index is 1.62. The molecule has 1 aliphatic heterocycles. The zero-order valence-corrected chi connectivity index (χ0v) is 13.7. The van der Waals surface area contributed by atoms with E-state index in [1.54, 1.807) is 12.4 Å². The summed E-state index contributed by atoms with van der Waals surface area (Å²) in [5.74, 6) is 0. The number of ether oxygens (including phenoxy) is 1. The molecule has 124 valence electrons. The maximum absolute atomic E-state index is 12.6. The Morgan fingerprint density at radius 2 is 2.08 bits per heavy atom. The summed E-state index contributed by atoms with van der Waals surface area (Å²) < 4.78 is 32.4. The van der Waals surface area contributed by atoms with Crippen molar-refractivity contribution in [3.05, 3.63) is 54.1 Å². The predicted octanol–water partition coefficient (Wildman–Crippen LogP) is 1.33. The smallest absolute Gasteiger partial charge is 0.244 e. The van der Waals surface area contributed by atoms with Crippen LogP contribution in [0.15, 0.2) is 47.8 Å². The molecule has 0 spiro atoms. The Hall–Kier alpha value is -2.34. The highest BCUT2D eigenvalue weighted by atomic mass is 32.2. The Morgan fingerprint density at radius 3 is 2.75 bits per heavy atom. The molecule has 3 heterocycles. The van der Waals surface area contributed by atoms with Crippen molar-refractivity contribution in [3.63, 3.8) is 0 Å². The van der Waals surface area contributed by atoms with E-state index >= 15 is 0 Å². The third-order valence-corrected chi connectivity index (χ3v) is 5.68. The van der Waals surface area contributed by atoms with Gasteiger partial charge in [-0.1, -0.05) is 0 Å². The number of pyridine rings is 2. The molecule has 0 aromatic carbocycles. The van der Waals surface area contributed by atoms with Gasteiger partial charge in [-0.25, -0.2) is 13.4 Å². The van der Waals surface area contributed by atoms with Gasteiger partial charge in [-0.05, 0) is 36.2 Å². The Morgan fingerprint density at radius 1 is 1.29 bits per heavy atom. The van der Waals surface area contributed by atoms with Crippen LogP contribution in [-0.2, 0) is 21.4 Å². The minimum Gasteiger partial charge on any atom is -0.372 e. The molecule has 8 heteroatoms. The lowest BCUT2D eigenvalue weighted by Gasteiger charge is -2.16. The summed E-state index contributed by atoms with van der Waals surface area (Å²) in [4.78, 5) is 7.87. The number of hydrogen-bond donors (Lipinski definition) is 0. The maximum Gasteiger partial charge on any atom is 0.244 e. The molecule has 1 atom stereocenters. The van der Waals surface area contributed by atoms with E-state index in [0.717, 1.165) is 5.56 Å². The highest BCUT2D eigenvalue weighted by Crippen LogP contribution is 2.22. The molecular formula is C16H16N4O3S. The van der Waals surface area contributed by atoms with E-state index in [1.165, 1.54) is 22.6 Å². The molecule has 1 fully saturated rings. The SMILES string of the molecule is N#Cc1ccc(S(=O)(=O)N2CC[C@@H](OCc3ccncc3)C2)cn1. The molecule has 1 aliphatic rings. The molecule has 24 heavy (non-hydrogen) atoms. The van der Waals surface area contributed by atoms with E-state index in [-0.39, 0.29) is 16.7 Å². The van der Waals surface area contributed by atoms with Crippen molar-refractivity contribution in [1.82, 2.24) is 14.3 Å². The first-order chi connectivity index (χ1) is 11.6. The summed E-state index contributed by atoms with van der Waals surface area (Å²) in [5.41, 5.74) is 1.19. The molecule has 0 N–H and O–H groups in total. The highest BCUT2D eigenvalue weighted by molar-refractivity contribution is 7.89. The van der Waals surface area contributed by atoms with Crippen molar-refractivity contribution in [2.24, 2.45) is 0 Å². The van der Waals surface area contributed by atoms with Crippen molar-refractivity contribution < 1.29 is 13.2 Å². The molecule has 0 radical (unpaired) electrons. The van der Waals surface area contributed by atoms with Crippen LogP contribution in [0.3, 0.4) is 0 Å². The monoisotopic (exact) mass is 344 g/mol. The van der Waals surface area contributed by atoms with E-state index in [9.17, 15) is 8.42 Å². The second kappa shape index (κ2) is 7.05. The molecular weight excluding hydrogens is 328 g/mol. The van der Waals surface area contributed by atoms with Crippen LogP contribution in [-0.4, -0.2) is 41.9 Å². The molecule has 0 bridgehead atoms. The molecule has 2 aromatic rings. The minimum atomic E-state index is -3.61. The van der Waals surface area contributed by atoms with Gasteiger partial charge in [-0.15, -0.1) is 0 Å². The van der Waals surface area contributed by atoms with E-state index < -0.39 is 10.0 Å². The molecule has 3 rings (SSSR count). The van der Waals surface area contributed by atoms with Gasteiger partial charge < -0.3 is 4.74 Å². The van der Waals surface area contributed by atoms with Gasteiger partial charge in [-0.2, -0.15) is 9.57 Å². The first-order valence-electron chi connectivity index (χ1n) is 7.46. The number of hydrogen-bond acceptors (Lipinski definition) is 6. The highest BCUT2D eigenvalue weighted by Gasteiger charge is 2.33. The number of aromatic nitrogens is 2. The third kappa shape index (κ3) is 3.59. The lowest BCUT2D eigenvalue weighted by molar-refractivity contribution is 0.0508. The topological polar surface area (TPSA) is 96.2 Å². The van der Waals surface area contributed by atoms with E-state index in [2.05, 4.69) is 9.97 Å². The van der Waals surface area contributed by atoms with Gasteiger partial charge in [0.15, 0.2) is 0 Å². The van der Waals surface area contributed by atoms with E-state index in [0.29, 0.717) is 26.1 Å². The number of nitriles is 1. The fourth-order valence-electron chi connectivity index (χ4n) is 2.49. The summed E-state index contributed by atoms with van der Waals surface area (Å²) >= 11 is 0. The van der Waals surface area contributed by atoms with Crippen LogP contribution in [0.2, 0.25) is 0 Å². The van der Waals surface area contributed by atoms with Gasteiger partial charge >= 0.3 is 0 Å². The van der Waals surface area contributed by atoms with Crippen LogP contribution in [0.5, 0.6) is 0 Å². The average Bonchev–Trinajstić information content (AvgIpc) is 3.11. The van der Waals surface area contributed by atoms with Crippen molar-refractivity contribution in [2.75, 3.05) is 13.1 Å². The summed E-state index contributed by atoms with van der Waals surface area (Å²) in [6.07, 6.45) is 5.12. The zero-order chi connectivity index (χ0) is 17.0. The summed E-state index contributed by atoms with van der Waals surface area (Å²) in [7, 11) is -3.61. The van der Waals surface area contributed by atoms with Crippen molar-refractivity contribution in [2.45, 2.75) is 24.0 Å². The van der Waals surface area contributed by atoms with Crippen LogP contribution in [0.1, 0.15) is 17.7 Å². The molecule has 0 amide bonds. The third-order valence-electron chi connectivity index (χ3n) is 3.83. The Bertz CT molecular complexity index is 832. The van der Waals surface area contributed by atoms with Gasteiger partial charge in [0.25, 0.3) is 0 Å². The molecule has 0 unspecified atom stereocenters. The zero-order valence-electron chi connectivity index (χ0n) is 12.9. The minimum absolute atomic E-state index is 0.0938. The summed E-state index contributed by atoms with van der Waals surface area (Å²) in [6.45, 7) is 1.15. The van der Waals surface area contributed by atoms with E-state index in [4.69, 9.17) is 10.00 Å².